The van der Waals surface area contributed by atoms with E-state index in [1.807, 2.05) is 30.3 Å². The topological polar surface area (TPSA) is 80.9 Å². The van der Waals surface area contributed by atoms with Crippen LogP contribution < -0.4 is 14.4 Å². The molecule has 0 unspecified atom stereocenters. The van der Waals surface area contributed by atoms with E-state index in [1.165, 1.54) is 6.20 Å². The summed E-state index contributed by atoms with van der Waals surface area (Å²) in [5.41, 5.74) is 2.85. The fourth-order valence-corrected chi connectivity index (χ4v) is 4.17. The first kappa shape index (κ1) is 20.8. The van der Waals surface area contributed by atoms with Crippen LogP contribution >= 0.6 is 0 Å². The summed E-state index contributed by atoms with van der Waals surface area (Å²) in [7, 11) is 3.29. The van der Waals surface area contributed by atoms with E-state index in [0.717, 1.165) is 39.3 Å². The number of anilines is 1. The van der Waals surface area contributed by atoms with Gasteiger partial charge in [-0.25, -0.2) is 4.98 Å². The van der Waals surface area contributed by atoms with Crippen molar-refractivity contribution < 1.29 is 18.8 Å². The predicted octanol–water partition coefficient (Wildman–Crippen LogP) is 3.87. The number of amides is 1. The molecule has 1 amide bonds. The number of fused-ring (bicyclic) bond motifs is 1. The molecule has 2 aromatic carbocycles. The molecule has 168 valence electrons. The molecule has 0 saturated carbocycles. The highest BCUT2D eigenvalue weighted by atomic mass is 16.5. The average Bonchev–Trinajstić information content (AvgIpc) is 3.42. The van der Waals surface area contributed by atoms with Gasteiger partial charge in [-0.2, -0.15) is 0 Å². The molecule has 0 N–H and O–H groups in total. The van der Waals surface area contributed by atoms with E-state index >= 15 is 0 Å². The van der Waals surface area contributed by atoms with Crippen molar-refractivity contribution in [2.24, 2.45) is 0 Å². The molecule has 4 aromatic rings. The van der Waals surface area contributed by atoms with Crippen molar-refractivity contribution >= 4 is 22.6 Å². The molecule has 0 radical (unpaired) electrons. The van der Waals surface area contributed by atoms with E-state index in [9.17, 15) is 4.79 Å². The largest absolute Gasteiger partial charge is 0.497 e. The van der Waals surface area contributed by atoms with Crippen LogP contribution in [-0.4, -0.2) is 61.3 Å². The highest BCUT2D eigenvalue weighted by Gasteiger charge is 2.25. The van der Waals surface area contributed by atoms with E-state index in [-0.39, 0.29) is 11.7 Å². The highest BCUT2D eigenvalue weighted by Crippen LogP contribution is 2.37. The standard InChI is InChI=1S/C25H24N4O4/c1-31-18-7-8-19(22(16-18)32-2)20-5-3-4-17-6-9-23(27-24(17)20)28-12-14-29(15-13-28)25(30)21-10-11-26-33-21/h3-11,16H,12-15H2,1-2H3. The number of piperazine rings is 1. The van der Waals surface area contributed by atoms with Gasteiger partial charge in [-0.1, -0.05) is 23.4 Å². The van der Waals surface area contributed by atoms with Crippen LogP contribution in [0.1, 0.15) is 10.6 Å². The van der Waals surface area contributed by atoms with Crippen molar-refractivity contribution in [2.45, 2.75) is 0 Å². The third-order valence-electron chi connectivity index (χ3n) is 5.94. The van der Waals surface area contributed by atoms with Crippen molar-refractivity contribution in [3.05, 3.63) is 66.6 Å². The quantitative estimate of drug-likeness (QED) is 0.462. The smallest absolute Gasteiger partial charge is 0.292 e. The van der Waals surface area contributed by atoms with Crippen molar-refractivity contribution in [1.29, 1.82) is 0 Å². The van der Waals surface area contributed by atoms with Gasteiger partial charge in [0.05, 0.1) is 25.9 Å². The maximum atomic E-state index is 12.5. The molecule has 2 aromatic heterocycles. The van der Waals surface area contributed by atoms with Gasteiger partial charge in [-0.05, 0) is 24.3 Å². The Labute approximate surface area is 191 Å². The average molecular weight is 444 g/mol. The molecule has 3 heterocycles. The van der Waals surface area contributed by atoms with E-state index in [0.29, 0.717) is 26.2 Å². The lowest BCUT2D eigenvalue weighted by Crippen LogP contribution is -2.49. The second-order valence-corrected chi connectivity index (χ2v) is 7.77. The highest BCUT2D eigenvalue weighted by molar-refractivity contribution is 5.96. The first-order chi connectivity index (χ1) is 16.2. The summed E-state index contributed by atoms with van der Waals surface area (Å²) in [5, 5.41) is 4.68. The number of ether oxygens (including phenoxy) is 2. The Morgan fingerprint density at radius 3 is 2.52 bits per heavy atom. The van der Waals surface area contributed by atoms with E-state index in [2.05, 4.69) is 28.3 Å². The van der Waals surface area contributed by atoms with Crippen molar-refractivity contribution in [3.8, 4) is 22.6 Å². The second-order valence-electron chi connectivity index (χ2n) is 7.77. The summed E-state index contributed by atoms with van der Waals surface area (Å²) in [6.45, 7) is 2.55. The molecule has 8 nitrogen and oxygen atoms in total. The molecule has 1 fully saturated rings. The van der Waals surface area contributed by atoms with Gasteiger partial charge in [0.25, 0.3) is 5.91 Å². The van der Waals surface area contributed by atoms with Crippen molar-refractivity contribution in [2.75, 3.05) is 45.3 Å². The second kappa shape index (κ2) is 8.82. The number of carbonyl (C=O) groups is 1. The lowest BCUT2D eigenvalue weighted by Gasteiger charge is -2.35. The minimum Gasteiger partial charge on any atom is -0.497 e. The Hall–Kier alpha value is -4.07. The van der Waals surface area contributed by atoms with Crippen LogP contribution in [0.2, 0.25) is 0 Å². The Morgan fingerprint density at radius 1 is 0.939 bits per heavy atom. The SMILES string of the molecule is COc1ccc(-c2cccc3ccc(N4CCN(C(=O)c5ccno5)CC4)nc23)c(OC)c1. The first-order valence-corrected chi connectivity index (χ1v) is 10.7. The number of hydrogen-bond acceptors (Lipinski definition) is 7. The van der Waals surface area contributed by atoms with Crippen LogP contribution in [0.15, 0.2) is 65.3 Å². The van der Waals surface area contributed by atoms with Crippen LogP contribution in [0.3, 0.4) is 0 Å². The van der Waals surface area contributed by atoms with Crippen LogP contribution in [0, 0.1) is 0 Å². The van der Waals surface area contributed by atoms with Gasteiger partial charge >= 0.3 is 0 Å². The number of nitrogens with zero attached hydrogens (tertiary/aromatic N) is 4. The zero-order valence-electron chi connectivity index (χ0n) is 18.5. The molecule has 0 bridgehead atoms. The summed E-state index contributed by atoms with van der Waals surface area (Å²) >= 11 is 0. The van der Waals surface area contributed by atoms with E-state index in [1.54, 1.807) is 25.2 Å². The molecular weight excluding hydrogens is 420 g/mol. The maximum Gasteiger partial charge on any atom is 0.292 e. The van der Waals surface area contributed by atoms with Gasteiger partial charge < -0.3 is 23.8 Å². The fourth-order valence-electron chi connectivity index (χ4n) is 4.17. The molecule has 0 aliphatic carbocycles. The normalized spacial score (nSPS) is 13.9. The first-order valence-electron chi connectivity index (χ1n) is 10.7. The number of rotatable bonds is 5. The number of benzene rings is 2. The number of carbonyl (C=O) groups excluding carboxylic acids is 1. The summed E-state index contributed by atoms with van der Waals surface area (Å²) in [4.78, 5) is 21.5. The lowest BCUT2D eigenvalue weighted by molar-refractivity contribution is 0.0704. The van der Waals surface area contributed by atoms with Gasteiger partial charge in [0.15, 0.2) is 0 Å². The Morgan fingerprint density at radius 2 is 1.79 bits per heavy atom. The Kier molecular flexibility index (Phi) is 5.56. The molecule has 33 heavy (non-hydrogen) atoms. The van der Waals surface area contributed by atoms with Crippen molar-refractivity contribution in [1.82, 2.24) is 15.0 Å². The fraction of sp³-hybridized carbons (Fsp3) is 0.240. The third kappa shape index (κ3) is 3.95. The number of aromatic nitrogens is 2. The van der Waals surface area contributed by atoms with Gasteiger partial charge in [0.1, 0.15) is 17.3 Å². The van der Waals surface area contributed by atoms with Crippen LogP contribution in [0.4, 0.5) is 5.82 Å². The van der Waals surface area contributed by atoms with Gasteiger partial charge in [0, 0.05) is 54.8 Å². The van der Waals surface area contributed by atoms with Gasteiger partial charge in [-0.15, -0.1) is 0 Å². The minimum absolute atomic E-state index is 0.132. The number of para-hydroxylation sites is 1. The van der Waals surface area contributed by atoms with E-state index < -0.39 is 0 Å². The number of pyridine rings is 1. The molecule has 0 atom stereocenters. The number of hydrogen-bond donors (Lipinski definition) is 0. The lowest BCUT2D eigenvalue weighted by atomic mass is 10.0. The third-order valence-corrected chi connectivity index (χ3v) is 5.94. The monoisotopic (exact) mass is 444 g/mol. The summed E-state index contributed by atoms with van der Waals surface area (Å²) in [6.07, 6.45) is 1.48. The summed E-state index contributed by atoms with van der Waals surface area (Å²) < 4.78 is 16.0. The molecule has 1 aliphatic rings. The summed E-state index contributed by atoms with van der Waals surface area (Å²) in [6, 6.07) is 17.6. The van der Waals surface area contributed by atoms with Crippen LogP contribution in [0.25, 0.3) is 22.0 Å². The molecule has 5 rings (SSSR count). The predicted molar refractivity (Wildman–Crippen MR) is 125 cm³/mol. The maximum absolute atomic E-state index is 12.5. The minimum atomic E-state index is -0.132. The molecule has 8 heteroatoms. The summed E-state index contributed by atoms with van der Waals surface area (Å²) in [5.74, 6) is 2.49. The molecule has 1 saturated heterocycles. The Balaban J connectivity index is 1.43. The van der Waals surface area contributed by atoms with E-state index in [4.69, 9.17) is 19.0 Å². The molecular formula is C25H24N4O4. The zero-order valence-corrected chi connectivity index (χ0v) is 18.5. The van der Waals surface area contributed by atoms with Gasteiger partial charge in [-0.3, -0.25) is 4.79 Å². The van der Waals surface area contributed by atoms with Crippen LogP contribution in [0.5, 0.6) is 11.5 Å². The van der Waals surface area contributed by atoms with Crippen LogP contribution in [-0.2, 0) is 0 Å². The molecule has 0 spiro atoms. The molecule has 1 aliphatic heterocycles. The zero-order chi connectivity index (χ0) is 22.8. The number of methoxy groups -OCH3 is 2. The Bertz CT molecular complexity index is 1280. The van der Waals surface area contributed by atoms with Crippen molar-refractivity contribution in [3.63, 3.8) is 0 Å². The van der Waals surface area contributed by atoms with Gasteiger partial charge in [0.2, 0.25) is 5.76 Å².